The van der Waals surface area contributed by atoms with Crippen LogP contribution in [0.25, 0.3) is 0 Å². The van der Waals surface area contributed by atoms with Crippen LogP contribution in [0.2, 0.25) is 0 Å². The smallest absolute Gasteiger partial charge is 0.162 e. The highest BCUT2D eigenvalue weighted by atomic mass is 16.7. The van der Waals surface area contributed by atoms with Crippen LogP contribution in [0.1, 0.15) is 39.5 Å². The van der Waals surface area contributed by atoms with Gasteiger partial charge in [-0.2, -0.15) is 0 Å². The summed E-state index contributed by atoms with van der Waals surface area (Å²) in [6.07, 6.45) is 4.12. The molecule has 1 saturated carbocycles. The van der Waals surface area contributed by atoms with Crippen molar-refractivity contribution in [1.82, 2.24) is 5.32 Å². The zero-order chi connectivity index (χ0) is 12.3. The molecule has 4 heteroatoms. The third-order valence-electron chi connectivity index (χ3n) is 3.78. The van der Waals surface area contributed by atoms with Crippen molar-refractivity contribution in [3.8, 4) is 0 Å². The molecule has 1 heterocycles. The van der Waals surface area contributed by atoms with Crippen LogP contribution in [0.3, 0.4) is 0 Å². The number of hydrogen-bond acceptors (Lipinski definition) is 4. The van der Waals surface area contributed by atoms with Gasteiger partial charge in [0.2, 0.25) is 0 Å². The van der Waals surface area contributed by atoms with E-state index in [-0.39, 0.29) is 6.10 Å². The lowest BCUT2D eigenvalue weighted by Gasteiger charge is -2.36. The maximum Gasteiger partial charge on any atom is 0.162 e. The van der Waals surface area contributed by atoms with Crippen molar-refractivity contribution in [3.63, 3.8) is 0 Å². The van der Waals surface area contributed by atoms with Crippen molar-refractivity contribution in [1.29, 1.82) is 0 Å². The van der Waals surface area contributed by atoms with Crippen LogP contribution < -0.4 is 5.32 Å². The molecule has 2 N–H and O–H groups in total. The zero-order valence-corrected chi connectivity index (χ0v) is 10.9. The van der Waals surface area contributed by atoms with Gasteiger partial charge in [0.1, 0.15) is 0 Å². The molecule has 0 aromatic heterocycles. The van der Waals surface area contributed by atoms with Crippen molar-refractivity contribution in [3.05, 3.63) is 0 Å². The lowest BCUT2D eigenvalue weighted by atomic mass is 9.87. The number of hydrogen-bond donors (Lipinski definition) is 2. The highest BCUT2D eigenvalue weighted by Crippen LogP contribution is 2.24. The molecule has 17 heavy (non-hydrogen) atoms. The molecule has 1 saturated heterocycles. The van der Waals surface area contributed by atoms with E-state index in [4.69, 9.17) is 9.47 Å². The monoisotopic (exact) mass is 243 g/mol. The minimum Gasteiger partial charge on any atom is -0.393 e. The van der Waals surface area contributed by atoms with Gasteiger partial charge in [-0.1, -0.05) is 0 Å². The van der Waals surface area contributed by atoms with Gasteiger partial charge in [-0.05, 0) is 52.0 Å². The number of nitrogens with one attached hydrogen (secondary N) is 1. The van der Waals surface area contributed by atoms with Crippen molar-refractivity contribution in [2.45, 2.75) is 57.5 Å². The highest BCUT2D eigenvalue weighted by Gasteiger charge is 2.28. The zero-order valence-electron chi connectivity index (χ0n) is 10.9. The van der Waals surface area contributed by atoms with Crippen molar-refractivity contribution >= 4 is 0 Å². The van der Waals surface area contributed by atoms with E-state index in [0.29, 0.717) is 12.0 Å². The fourth-order valence-electron chi connectivity index (χ4n) is 2.49. The molecule has 0 unspecified atom stereocenters. The summed E-state index contributed by atoms with van der Waals surface area (Å²) >= 11 is 0. The molecule has 0 bridgehead atoms. The third-order valence-corrected chi connectivity index (χ3v) is 3.78. The van der Waals surface area contributed by atoms with Gasteiger partial charge in [0.25, 0.3) is 0 Å². The standard InChI is InChI=1S/C13H25NO3/c1-13(2)16-8-11(9-17-13)14-7-10-3-5-12(15)6-4-10/h10-12,14-15H,3-9H2,1-2H3. The molecule has 0 aromatic rings. The summed E-state index contributed by atoms with van der Waals surface area (Å²) in [6.45, 7) is 6.37. The minimum atomic E-state index is -0.423. The SMILES string of the molecule is CC1(C)OCC(NCC2CCC(O)CC2)CO1. The molecule has 1 aliphatic carbocycles. The molecule has 0 amide bonds. The van der Waals surface area contributed by atoms with Crippen molar-refractivity contribution in [2.75, 3.05) is 19.8 Å². The second-order valence-corrected chi connectivity index (χ2v) is 5.80. The van der Waals surface area contributed by atoms with E-state index in [0.717, 1.165) is 45.4 Å². The minimum absolute atomic E-state index is 0.0617. The molecule has 0 spiro atoms. The van der Waals surface area contributed by atoms with Gasteiger partial charge in [-0.3, -0.25) is 0 Å². The normalized spacial score (nSPS) is 34.8. The second kappa shape index (κ2) is 5.65. The van der Waals surface area contributed by atoms with Crippen molar-refractivity contribution in [2.24, 2.45) is 5.92 Å². The summed E-state index contributed by atoms with van der Waals surface area (Å²) in [5.41, 5.74) is 0. The summed E-state index contributed by atoms with van der Waals surface area (Å²) in [6, 6.07) is 0.315. The Morgan fingerprint density at radius 3 is 2.29 bits per heavy atom. The highest BCUT2D eigenvalue weighted by molar-refractivity contribution is 4.77. The van der Waals surface area contributed by atoms with E-state index in [9.17, 15) is 5.11 Å². The fraction of sp³-hybridized carbons (Fsp3) is 1.00. The molecule has 0 aromatic carbocycles. The molecular formula is C13H25NO3. The van der Waals surface area contributed by atoms with E-state index in [2.05, 4.69) is 5.32 Å². The largest absolute Gasteiger partial charge is 0.393 e. The Morgan fingerprint density at radius 1 is 1.12 bits per heavy atom. The molecule has 100 valence electrons. The van der Waals surface area contributed by atoms with Gasteiger partial charge >= 0.3 is 0 Å². The molecule has 0 radical (unpaired) electrons. The number of rotatable bonds is 3. The van der Waals surface area contributed by atoms with Crippen LogP contribution in [0, 0.1) is 5.92 Å². The van der Waals surface area contributed by atoms with Crippen molar-refractivity contribution < 1.29 is 14.6 Å². The van der Waals surface area contributed by atoms with Gasteiger partial charge in [0.15, 0.2) is 5.79 Å². The lowest BCUT2D eigenvalue weighted by Crippen LogP contribution is -2.49. The van der Waals surface area contributed by atoms with Crippen LogP contribution in [0.5, 0.6) is 0 Å². The lowest BCUT2D eigenvalue weighted by molar-refractivity contribution is -0.253. The average molecular weight is 243 g/mol. The van der Waals surface area contributed by atoms with Crippen LogP contribution >= 0.6 is 0 Å². The second-order valence-electron chi connectivity index (χ2n) is 5.80. The van der Waals surface area contributed by atoms with Crippen LogP contribution in [-0.2, 0) is 9.47 Å². The van der Waals surface area contributed by atoms with Crippen LogP contribution in [0.15, 0.2) is 0 Å². The number of ether oxygens (including phenoxy) is 2. The molecule has 1 aliphatic heterocycles. The molecule has 2 fully saturated rings. The van der Waals surface area contributed by atoms with Gasteiger partial charge in [-0.15, -0.1) is 0 Å². The Balaban J connectivity index is 1.63. The third kappa shape index (κ3) is 4.21. The summed E-state index contributed by atoms with van der Waals surface area (Å²) < 4.78 is 11.2. The predicted molar refractivity (Wildman–Crippen MR) is 65.7 cm³/mol. The summed E-state index contributed by atoms with van der Waals surface area (Å²) in [5, 5.41) is 13.0. The van der Waals surface area contributed by atoms with E-state index in [1.807, 2.05) is 13.8 Å². The first-order chi connectivity index (χ1) is 8.05. The topological polar surface area (TPSA) is 50.7 Å². The molecular weight excluding hydrogens is 218 g/mol. The van der Waals surface area contributed by atoms with Crippen LogP contribution in [0.4, 0.5) is 0 Å². The quantitative estimate of drug-likeness (QED) is 0.784. The Labute approximate surface area is 104 Å². The Morgan fingerprint density at radius 2 is 1.71 bits per heavy atom. The summed E-state index contributed by atoms with van der Waals surface area (Å²) in [5.74, 6) is 0.279. The van der Waals surface area contributed by atoms with Gasteiger partial charge in [-0.25, -0.2) is 0 Å². The van der Waals surface area contributed by atoms with E-state index >= 15 is 0 Å². The van der Waals surface area contributed by atoms with E-state index in [1.165, 1.54) is 0 Å². The predicted octanol–water partition coefficient (Wildman–Crippen LogP) is 1.28. The van der Waals surface area contributed by atoms with Crippen LogP contribution in [-0.4, -0.2) is 42.8 Å². The fourth-order valence-corrected chi connectivity index (χ4v) is 2.49. The Bertz CT molecular complexity index is 227. The maximum absolute atomic E-state index is 9.44. The first-order valence-corrected chi connectivity index (χ1v) is 6.74. The summed E-state index contributed by atoms with van der Waals surface area (Å²) in [4.78, 5) is 0. The van der Waals surface area contributed by atoms with Gasteiger partial charge in [0.05, 0.1) is 25.4 Å². The molecule has 4 nitrogen and oxygen atoms in total. The van der Waals surface area contributed by atoms with Gasteiger partial charge < -0.3 is 19.9 Å². The molecule has 2 rings (SSSR count). The molecule has 0 atom stereocenters. The van der Waals surface area contributed by atoms with E-state index < -0.39 is 5.79 Å². The maximum atomic E-state index is 9.44. The first kappa shape index (κ1) is 13.3. The van der Waals surface area contributed by atoms with Gasteiger partial charge in [0, 0.05) is 0 Å². The average Bonchev–Trinajstić information content (AvgIpc) is 2.30. The first-order valence-electron chi connectivity index (χ1n) is 6.74. The summed E-state index contributed by atoms with van der Waals surface area (Å²) in [7, 11) is 0. The Hall–Kier alpha value is -0.160. The Kier molecular flexibility index (Phi) is 4.42. The van der Waals surface area contributed by atoms with E-state index in [1.54, 1.807) is 0 Å². The number of aliphatic hydroxyl groups is 1. The molecule has 2 aliphatic rings. The number of aliphatic hydroxyl groups excluding tert-OH is 1.